The topological polar surface area (TPSA) is 73.2 Å². The molecule has 0 unspecified atom stereocenters. The van der Waals surface area contributed by atoms with Crippen LogP contribution in [0.25, 0.3) is 0 Å². The van der Waals surface area contributed by atoms with E-state index in [0.29, 0.717) is 21.5 Å². The van der Waals surface area contributed by atoms with Crippen molar-refractivity contribution in [3.05, 3.63) is 71.0 Å². The van der Waals surface area contributed by atoms with Crippen molar-refractivity contribution in [1.29, 1.82) is 0 Å². The van der Waals surface area contributed by atoms with Crippen LogP contribution in [0, 0.1) is 0 Å². The van der Waals surface area contributed by atoms with E-state index in [4.69, 9.17) is 27.9 Å². The van der Waals surface area contributed by atoms with Gasteiger partial charge in [0.05, 0.1) is 23.0 Å². The lowest BCUT2D eigenvalue weighted by molar-refractivity contribution is 0.221. The van der Waals surface area contributed by atoms with Crippen LogP contribution in [0.5, 0.6) is 5.75 Å². The third-order valence-corrected chi connectivity index (χ3v) is 5.05. The predicted molar refractivity (Wildman–Crippen MR) is 96.6 cm³/mol. The van der Waals surface area contributed by atoms with Crippen molar-refractivity contribution in [3.63, 3.8) is 0 Å². The lowest BCUT2D eigenvalue weighted by atomic mass is 10.3. The van der Waals surface area contributed by atoms with Crippen molar-refractivity contribution in [2.45, 2.75) is 11.6 Å². The Balaban J connectivity index is 1.66. The van der Waals surface area contributed by atoms with Gasteiger partial charge in [-0.2, -0.15) is 5.10 Å². The second-order valence-electron chi connectivity index (χ2n) is 5.06. The van der Waals surface area contributed by atoms with E-state index in [9.17, 15) is 8.42 Å². The van der Waals surface area contributed by atoms with Gasteiger partial charge in [-0.25, -0.2) is 13.1 Å². The number of nitrogens with one attached hydrogen (secondary N) is 1. The van der Waals surface area contributed by atoms with Crippen molar-refractivity contribution in [2.24, 2.45) is 0 Å². The summed E-state index contributed by atoms with van der Waals surface area (Å²) in [6, 6.07) is 12.8. The molecule has 3 aromatic rings. The Hall–Kier alpha value is -2.22. The van der Waals surface area contributed by atoms with Gasteiger partial charge < -0.3 is 4.74 Å². The highest BCUT2D eigenvalue weighted by Crippen LogP contribution is 2.19. The van der Waals surface area contributed by atoms with Gasteiger partial charge in [0.15, 0.2) is 6.73 Å². The zero-order chi connectivity index (χ0) is 17.9. The maximum absolute atomic E-state index is 12.3. The average molecular weight is 398 g/mol. The molecule has 0 aliphatic carbocycles. The van der Waals surface area contributed by atoms with Crippen LogP contribution in [0.15, 0.2) is 65.8 Å². The van der Waals surface area contributed by atoms with Crippen LogP contribution in [0.4, 0.5) is 5.69 Å². The molecule has 0 saturated carbocycles. The molecule has 6 nitrogen and oxygen atoms in total. The Morgan fingerprint density at radius 1 is 1.08 bits per heavy atom. The highest BCUT2D eigenvalue weighted by Gasteiger charge is 2.15. The second kappa shape index (κ2) is 7.35. The predicted octanol–water partition coefficient (Wildman–Crippen LogP) is 4.03. The molecule has 1 heterocycles. The number of halogens is 2. The smallest absolute Gasteiger partial charge is 0.261 e. The Kier molecular flexibility index (Phi) is 5.17. The molecule has 0 aliphatic rings. The van der Waals surface area contributed by atoms with Gasteiger partial charge in [-0.3, -0.25) is 4.72 Å². The normalized spacial score (nSPS) is 11.3. The van der Waals surface area contributed by atoms with E-state index in [1.807, 2.05) is 0 Å². The number of hydrogen-bond acceptors (Lipinski definition) is 4. The van der Waals surface area contributed by atoms with Crippen LogP contribution in [0.1, 0.15) is 0 Å². The monoisotopic (exact) mass is 397 g/mol. The number of nitrogens with zero attached hydrogens (tertiary/aromatic N) is 2. The molecule has 0 aliphatic heterocycles. The van der Waals surface area contributed by atoms with Gasteiger partial charge in [0.2, 0.25) is 0 Å². The number of aromatic nitrogens is 2. The molecule has 2 aromatic carbocycles. The van der Waals surface area contributed by atoms with E-state index in [-0.39, 0.29) is 11.6 Å². The molecule has 1 N–H and O–H groups in total. The van der Waals surface area contributed by atoms with E-state index in [1.54, 1.807) is 24.3 Å². The fourth-order valence-corrected chi connectivity index (χ4v) is 3.35. The number of anilines is 1. The molecular weight excluding hydrogens is 385 g/mol. The van der Waals surface area contributed by atoms with E-state index in [0.717, 1.165) is 0 Å². The number of sulfonamides is 1. The number of benzene rings is 2. The highest BCUT2D eigenvalue weighted by molar-refractivity contribution is 7.92. The number of rotatable bonds is 6. The van der Waals surface area contributed by atoms with Crippen molar-refractivity contribution >= 4 is 38.9 Å². The maximum Gasteiger partial charge on any atom is 0.261 e. The summed E-state index contributed by atoms with van der Waals surface area (Å²) < 4.78 is 34.1. The van der Waals surface area contributed by atoms with Gasteiger partial charge in [0.25, 0.3) is 10.0 Å². The largest absolute Gasteiger partial charge is 0.471 e. The van der Waals surface area contributed by atoms with Crippen molar-refractivity contribution in [3.8, 4) is 5.75 Å². The van der Waals surface area contributed by atoms with Gasteiger partial charge in [-0.15, -0.1) is 0 Å². The first-order valence-corrected chi connectivity index (χ1v) is 9.35. The van der Waals surface area contributed by atoms with E-state index >= 15 is 0 Å². The number of ether oxygens (including phenoxy) is 1. The van der Waals surface area contributed by atoms with E-state index in [2.05, 4.69) is 9.82 Å². The van der Waals surface area contributed by atoms with Crippen LogP contribution >= 0.6 is 23.2 Å². The molecular formula is C16H13Cl2N3O3S. The minimum absolute atomic E-state index is 0.111. The van der Waals surface area contributed by atoms with Gasteiger partial charge in [-0.05, 0) is 42.5 Å². The van der Waals surface area contributed by atoms with E-state index in [1.165, 1.54) is 41.3 Å². The Labute approximate surface area is 155 Å². The summed E-state index contributed by atoms with van der Waals surface area (Å²) in [4.78, 5) is 0.111. The SMILES string of the molecule is O=S(=O)(Nc1cnn(COc2cccc(Cl)c2)c1)c1ccc(Cl)cc1. The van der Waals surface area contributed by atoms with E-state index < -0.39 is 10.0 Å². The summed E-state index contributed by atoms with van der Waals surface area (Å²) in [5.41, 5.74) is 0.324. The quantitative estimate of drug-likeness (QED) is 0.681. The minimum Gasteiger partial charge on any atom is -0.471 e. The summed E-state index contributed by atoms with van der Waals surface area (Å²) in [7, 11) is -3.71. The van der Waals surface area contributed by atoms with Crippen LogP contribution < -0.4 is 9.46 Å². The third-order valence-electron chi connectivity index (χ3n) is 3.17. The Bertz CT molecular complexity index is 972. The highest BCUT2D eigenvalue weighted by atomic mass is 35.5. The minimum atomic E-state index is -3.71. The lowest BCUT2D eigenvalue weighted by Gasteiger charge is -2.07. The van der Waals surface area contributed by atoms with Gasteiger partial charge in [-0.1, -0.05) is 29.3 Å². The molecule has 0 fully saturated rings. The van der Waals surface area contributed by atoms with Crippen molar-refractivity contribution < 1.29 is 13.2 Å². The average Bonchev–Trinajstić information content (AvgIpc) is 3.00. The fourth-order valence-electron chi connectivity index (χ4n) is 2.01. The first-order valence-electron chi connectivity index (χ1n) is 7.12. The summed E-state index contributed by atoms with van der Waals surface area (Å²) >= 11 is 11.7. The van der Waals surface area contributed by atoms with Gasteiger partial charge in [0.1, 0.15) is 5.75 Å². The van der Waals surface area contributed by atoms with Gasteiger partial charge >= 0.3 is 0 Å². The molecule has 0 radical (unpaired) electrons. The zero-order valence-corrected chi connectivity index (χ0v) is 15.1. The van der Waals surface area contributed by atoms with Crippen molar-refractivity contribution in [1.82, 2.24) is 9.78 Å². The summed E-state index contributed by atoms with van der Waals surface area (Å²) in [5.74, 6) is 0.589. The standard InChI is InChI=1S/C16H13Cl2N3O3S/c17-12-4-6-16(7-5-12)25(22,23)20-14-9-19-21(10-14)11-24-15-3-1-2-13(18)8-15/h1-10,20H,11H2. The molecule has 130 valence electrons. The first-order chi connectivity index (χ1) is 11.9. The zero-order valence-electron chi connectivity index (χ0n) is 12.8. The number of hydrogen-bond donors (Lipinski definition) is 1. The molecule has 0 bridgehead atoms. The molecule has 9 heteroatoms. The fraction of sp³-hybridized carbons (Fsp3) is 0.0625. The molecule has 3 rings (SSSR count). The lowest BCUT2D eigenvalue weighted by Crippen LogP contribution is -2.12. The Morgan fingerprint density at radius 3 is 2.56 bits per heavy atom. The summed E-state index contributed by atoms with van der Waals surface area (Å²) in [5, 5.41) is 5.08. The molecule has 0 atom stereocenters. The first kappa shape index (κ1) is 17.6. The van der Waals surface area contributed by atoms with Crippen LogP contribution in [-0.2, 0) is 16.8 Å². The van der Waals surface area contributed by atoms with Crippen LogP contribution in [0.3, 0.4) is 0 Å². The van der Waals surface area contributed by atoms with Gasteiger partial charge in [0, 0.05) is 10.0 Å². The molecule has 1 aromatic heterocycles. The molecule has 0 spiro atoms. The molecule has 0 amide bonds. The van der Waals surface area contributed by atoms with Crippen molar-refractivity contribution in [2.75, 3.05) is 4.72 Å². The Morgan fingerprint density at radius 2 is 1.84 bits per heavy atom. The summed E-state index contributed by atoms with van der Waals surface area (Å²) in [6.45, 7) is 0.114. The van der Waals surface area contributed by atoms with Crippen LogP contribution in [0.2, 0.25) is 10.0 Å². The second-order valence-corrected chi connectivity index (χ2v) is 7.61. The molecule has 25 heavy (non-hydrogen) atoms. The summed E-state index contributed by atoms with van der Waals surface area (Å²) in [6.07, 6.45) is 2.92. The third kappa shape index (κ3) is 4.66. The maximum atomic E-state index is 12.3. The van der Waals surface area contributed by atoms with Crippen LogP contribution in [-0.4, -0.2) is 18.2 Å². The molecule has 0 saturated heterocycles.